The molecule has 1 aromatic heterocycles. The lowest BCUT2D eigenvalue weighted by Crippen LogP contribution is -2.28. The molecule has 0 bridgehead atoms. The second kappa shape index (κ2) is 6.02. The Hall–Kier alpha value is -1.07. The Kier molecular flexibility index (Phi) is 4.96. The normalized spacial score (nSPS) is 11.1. The minimum atomic E-state index is 0.218. The van der Waals surface area contributed by atoms with E-state index in [1.165, 1.54) is 0 Å². The number of nitrogens with two attached hydrogens (primary N) is 1. The van der Waals surface area contributed by atoms with Crippen LogP contribution in [0, 0.1) is 12.3 Å². The highest BCUT2D eigenvalue weighted by Gasteiger charge is 2.14. The summed E-state index contributed by atoms with van der Waals surface area (Å²) in [6.45, 7) is 6.38. The van der Waals surface area contributed by atoms with Gasteiger partial charge in [-0.2, -0.15) is 5.10 Å². The van der Waals surface area contributed by atoms with Crippen molar-refractivity contribution in [1.29, 1.82) is 5.41 Å². The summed E-state index contributed by atoms with van der Waals surface area (Å²) in [4.78, 5) is 2.20. The van der Waals surface area contributed by atoms with Gasteiger partial charge in [-0.3, -0.25) is 15.0 Å². The van der Waals surface area contributed by atoms with E-state index in [1.54, 1.807) is 0 Å². The van der Waals surface area contributed by atoms with Crippen LogP contribution in [0.1, 0.15) is 24.7 Å². The molecule has 0 aliphatic carbocycles. The standard InChI is InChI=1S/C11H20ClN5/c1-4-17(6-5-10(13)14)7-9-11(12)8(2)15-16(9)3/h4-7H2,1-3H3,(H3,13,14). The smallest absolute Gasteiger partial charge is 0.0918 e. The van der Waals surface area contributed by atoms with Gasteiger partial charge in [0.25, 0.3) is 0 Å². The minimum absolute atomic E-state index is 0.218. The molecule has 0 saturated heterocycles. The molecule has 6 heteroatoms. The maximum Gasteiger partial charge on any atom is 0.0918 e. The van der Waals surface area contributed by atoms with Gasteiger partial charge in [0.1, 0.15) is 0 Å². The van der Waals surface area contributed by atoms with Crippen molar-refractivity contribution >= 4 is 17.4 Å². The molecule has 0 aromatic carbocycles. The monoisotopic (exact) mass is 257 g/mol. The Morgan fingerprint density at radius 2 is 2.24 bits per heavy atom. The third-order valence-corrected chi connectivity index (χ3v) is 3.27. The Morgan fingerprint density at radius 1 is 1.59 bits per heavy atom. The first kappa shape index (κ1) is 14.0. The van der Waals surface area contributed by atoms with Crippen molar-refractivity contribution in [2.24, 2.45) is 12.8 Å². The van der Waals surface area contributed by atoms with E-state index in [2.05, 4.69) is 16.9 Å². The number of nitrogens with one attached hydrogen (secondary N) is 1. The molecule has 0 aliphatic heterocycles. The highest BCUT2D eigenvalue weighted by Crippen LogP contribution is 2.20. The van der Waals surface area contributed by atoms with Crippen LogP contribution in [-0.4, -0.2) is 33.6 Å². The molecule has 5 nitrogen and oxygen atoms in total. The summed E-state index contributed by atoms with van der Waals surface area (Å²) in [5, 5.41) is 12.3. The first-order valence-electron chi connectivity index (χ1n) is 5.68. The number of aromatic nitrogens is 2. The quantitative estimate of drug-likeness (QED) is 0.600. The first-order valence-corrected chi connectivity index (χ1v) is 6.06. The van der Waals surface area contributed by atoms with E-state index in [4.69, 9.17) is 22.7 Å². The molecule has 0 spiro atoms. The average molecular weight is 258 g/mol. The van der Waals surface area contributed by atoms with Gasteiger partial charge in [0.2, 0.25) is 0 Å². The summed E-state index contributed by atoms with van der Waals surface area (Å²) in [5.41, 5.74) is 7.23. The van der Waals surface area contributed by atoms with Gasteiger partial charge >= 0.3 is 0 Å². The van der Waals surface area contributed by atoms with Gasteiger partial charge in [0, 0.05) is 26.6 Å². The lowest BCUT2D eigenvalue weighted by Gasteiger charge is -2.20. The zero-order valence-corrected chi connectivity index (χ0v) is 11.4. The van der Waals surface area contributed by atoms with Gasteiger partial charge < -0.3 is 5.73 Å². The van der Waals surface area contributed by atoms with Gasteiger partial charge in [0.05, 0.1) is 22.2 Å². The molecule has 96 valence electrons. The van der Waals surface area contributed by atoms with E-state index in [-0.39, 0.29) is 5.84 Å². The lowest BCUT2D eigenvalue weighted by atomic mass is 10.3. The van der Waals surface area contributed by atoms with E-state index in [1.807, 2.05) is 18.7 Å². The van der Waals surface area contributed by atoms with Crippen molar-refractivity contribution in [3.63, 3.8) is 0 Å². The van der Waals surface area contributed by atoms with E-state index in [0.717, 1.165) is 36.0 Å². The number of rotatable bonds is 6. The zero-order valence-electron chi connectivity index (χ0n) is 10.6. The molecular weight excluding hydrogens is 238 g/mol. The first-order chi connectivity index (χ1) is 7.95. The topological polar surface area (TPSA) is 70.9 Å². The molecule has 0 fully saturated rings. The number of amidine groups is 1. The highest BCUT2D eigenvalue weighted by atomic mass is 35.5. The number of aryl methyl sites for hydroxylation is 2. The van der Waals surface area contributed by atoms with Crippen LogP contribution in [0.15, 0.2) is 0 Å². The molecule has 1 rings (SSSR count). The average Bonchev–Trinajstić information content (AvgIpc) is 2.49. The predicted molar refractivity (Wildman–Crippen MR) is 70.4 cm³/mol. The number of nitrogens with zero attached hydrogens (tertiary/aromatic N) is 3. The SMILES string of the molecule is CCN(CCC(=N)N)Cc1c(Cl)c(C)nn1C. The van der Waals surface area contributed by atoms with E-state index >= 15 is 0 Å². The van der Waals surface area contributed by atoms with Crippen molar-refractivity contribution in [3.8, 4) is 0 Å². The summed E-state index contributed by atoms with van der Waals surface area (Å²) in [6, 6.07) is 0. The Labute approximate surface area is 107 Å². The molecular formula is C11H20ClN5. The molecule has 0 aliphatic rings. The fraction of sp³-hybridized carbons (Fsp3) is 0.636. The van der Waals surface area contributed by atoms with Crippen molar-refractivity contribution < 1.29 is 0 Å². The summed E-state index contributed by atoms with van der Waals surface area (Å²) in [6.07, 6.45) is 0.586. The number of hydrogen-bond acceptors (Lipinski definition) is 3. The molecule has 0 atom stereocenters. The Balaban J connectivity index is 2.70. The van der Waals surface area contributed by atoms with Crippen LogP contribution < -0.4 is 5.73 Å². The van der Waals surface area contributed by atoms with Gasteiger partial charge in [-0.05, 0) is 13.5 Å². The van der Waals surface area contributed by atoms with Gasteiger partial charge in [-0.15, -0.1) is 0 Å². The summed E-state index contributed by atoms with van der Waals surface area (Å²) in [5.74, 6) is 0.218. The fourth-order valence-corrected chi connectivity index (χ4v) is 1.91. The molecule has 17 heavy (non-hydrogen) atoms. The van der Waals surface area contributed by atoms with Gasteiger partial charge in [0.15, 0.2) is 0 Å². The number of hydrogen-bond donors (Lipinski definition) is 2. The van der Waals surface area contributed by atoms with E-state index in [0.29, 0.717) is 6.42 Å². The second-order valence-corrected chi connectivity index (χ2v) is 4.49. The van der Waals surface area contributed by atoms with Crippen LogP contribution in [0.25, 0.3) is 0 Å². The lowest BCUT2D eigenvalue weighted by molar-refractivity contribution is 0.280. The van der Waals surface area contributed by atoms with Crippen molar-refractivity contribution in [2.45, 2.75) is 26.8 Å². The summed E-state index contributed by atoms with van der Waals surface area (Å²) in [7, 11) is 1.90. The third-order valence-electron chi connectivity index (χ3n) is 2.78. The molecule has 1 heterocycles. The molecule has 0 amide bonds. The molecule has 0 unspecified atom stereocenters. The maximum atomic E-state index is 7.24. The second-order valence-electron chi connectivity index (χ2n) is 4.11. The minimum Gasteiger partial charge on any atom is -0.388 e. The van der Waals surface area contributed by atoms with Crippen molar-refractivity contribution in [1.82, 2.24) is 14.7 Å². The molecule has 3 N–H and O–H groups in total. The van der Waals surface area contributed by atoms with Gasteiger partial charge in [-0.1, -0.05) is 18.5 Å². The van der Waals surface area contributed by atoms with Crippen LogP contribution in [0.3, 0.4) is 0 Å². The van der Waals surface area contributed by atoms with Crippen LogP contribution >= 0.6 is 11.6 Å². The summed E-state index contributed by atoms with van der Waals surface area (Å²) >= 11 is 6.20. The molecule has 0 radical (unpaired) electrons. The highest BCUT2D eigenvalue weighted by molar-refractivity contribution is 6.31. The predicted octanol–water partition coefficient (Wildman–Crippen LogP) is 1.53. The van der Waals surface area contributed by atoms with Crippen LogP contribution in [0.4, 0.5) is 0 Å². The Morgan fingerprint density at radius 3 is 2.65 bits per heavy atom. The molecule has 0 saturated carbocycles. The maximum absolute atomic E-state index is 7.24. The zero-order chi connectivity index (χ0) is 13.0. The molecule has 1 aromatic rings. The van der Waals surface area contributed by atoms with Gasteiger partial charge in [-0.25, -0.2) is 0 Å². The van der Waals surface area contributed by atoms with Crippen LogP contribution in [0.2, 0.25) is 5.02 Å². The van der Waals surface area contributed by atoms with E-state index < -0.39 is 0 Å². The number of halogens is 1. The largest absolute Gasteiger partial charge is 0.388 e. The van der Waals surface area contributed by atoms with E-state index in [9.17, 15) is 0 Å². The third kappa shape index (κ3) is 3.71. The van der Waals surface area contributed by atoms with Crippen molar-refractivity contribution in [3.05, 3.63) is 16.4 Å². The Bertz CT molecular complexity index is 399. The fourth-order valence-electron chi connectivity index (χ4n) is 1.69. The van der Waals surface area contributed by atoms with Crippen molar-refractivity contribution in [2.75, 3.05) is 13.1 Å². The van der Waals surface area contributed by atoms with Crippen LogP contribution in [0.5, 0.6) is 0 Å². The van der Waals surface area contributed by atoms with Crippen LogP contribution in [-0.2, 0) is 13.6 Å². The summed E-state index contributed by atoms with van der Waals surface area (Å²) < 4.78 is 1.81.